The van der Waals surface area contributed by atoms with Crippen LogP contribution in [0.25, 0.3) is 0 Å². The van der Waals surface area contributed by atoms with Crippen LogP contribution in [0.5, 0.6) is 0 Å². The number of amides is 2. The lowest BCUT2D eigenvalue weighted by atomic mass is 10.1. The van der Waals surface area contributed by atoms with Gasteiger partial charge < -0.3 is 10.6 Å². The number of hydrogen-bond donors (Lipinski definition) is 4. The summed E-state index contributed by atoms with van der Waals surface area (Å²) in [4.78, 5) is 28.1. The second-order valence-corrected chi connectivity index (χ2v) is 6.84. The molecule has 2 aliphatic rings. The van der Waals surface area contributed by atoms with E-state index in [1.54, 1.807) is 6.07 Å². The first-order valence-electron chi connectivity index (χ1n) is 6.77. The molecule has 122 valence electrons. The molecule has 4 N–H and O–H groups in total. The van der Waals surface area contributed by atoms with Crippen LogP contribution in [0.1, 0.15) is 0 Å². The largest absolute Gasteiger partial charge is 0.323 e. The number of nitrogens with one attached hydrogen (secondary N) is 4. The van der Waals surface area contributed by atoms with Crippen LogP contribution >= 0.6 is 27.7 Å². The summed E-state index contributed by atoms with van der Waals surface area (Å²) in [5.74, 6) is -1.27. The molecule has 2 unspecified atom stereocenters. The second-order valence-electron chi connectivity index (χ2n) is 4.96. The average Bonchev–Trinajstić information content (AvgIpc) is 2.97. The summed E-state index contributed by atoms with van der Waals surface area (Å²) in [6.07, 6.45) is -0.321. The van der Waals surface area contributed by atoms with Gasteiger partial charge >= 0.3 is 0 Å². The molecule has 7 nitrogen and oxygen atoms in total. The van der Waals surface area contributed by atoms with Crippen molar-refractivity contribution in [3.05, 3.63) is 28.5 Å². The van der Waals surface area contributed by atoms with Gasteiger partial charge in [0.15, 0.2) is 5.17 Å². The first kappa shape index (κ1) is 16.4. The highest BCUT2D eigenvalue weighted by Crippen LogP contribution is 2.20. The summed E-state index contributed by atoms with van der Waals surface area (Å²) in [7, 11) is 0. The van der Waals surface area contributed by atoms with Crippen molar-refractivity contribution in [2.45, 2.75) is 6.17 Å². The Labute approximate surface area is 144 Å². The van der Waals surface area contributed by atoms with Crippen LogP contribution in [-0.4, -0.2) is 35.4 Å². The smallest absolute Gasteiger partial charge is 0.234 e. The Morgan fingerprint density at radius 2 is 2.35 bits per heavy atom. The Morgan fingerprint density at radius 3 is 3.13 bits per heavy atom. The molecule has 0 bridgehead atoms. The number of hydrazine groups is 1. The van der Waals surface area contributed by atoms with E-state index in [1.807, 2.05) is 0 Å². The van der Waals surface area contributed by atoms with E-state index in [0.717, 1.165) is 11.8 Å². The first-order valence-corrected chi connectivity index (χ1v) is 8.55. The SMILES string of the molecule is O=C(CSC1=NC2NNCC2C(=O)N1)Nc1ccc(Br)cc1F. The van der Waals surface area contributed by atoms with Gasteiger partial charge in [-0.15, -0.1) is 0 Å². The molecule has 2 aliphatic heterocycles. The lowest BCUT2D eigenvalue weighted by molar-refractivity contribution is -0.123. The highest BCUT2D eigenvalue weighted by Gasteiger charge is 2.36. The fourth-order valence-corrected chi connectivity index (χ4v) is 3.22. The lowest BCUT2D eigenvalue weighted by Crippen LogP contribution is -2.46. The van der Waals surface area contributed by atoms with E-state index in [1.165, 1.54) is 12.1 Å². The number of aliphatic imine (C=N–C) groups is 1. The van der Waals surface area contributed by atoms with Gasteiger partial charge in [0.05, 0.1) is 17.4 Å². The number of carbonyl (C=O) groups is 2. The van der Waals surface area contributed by atoms with Gasteiger partial charge in [-0.1, -0.05) is 27.7 Å². The van der Waals surface area contributed by atoms with Crippen LogP contribution in [0.15, 0.2) is 27.7 Å². The van der Waals surface area contributed by atoms with Crippen molar-refractivity contribution in [1.82, 2.24) is 16.2 Å². The minimum Gasteiger partial charge on any atom is -0.323 e. The third-order valence-electron chi connectivity index (χ3n) is 3.32. The minimum absolute atomic E-state index is 0.0133. The van der Waals surface area contributed by atoms with Crippen LogP contribution in [0.2, 0.25) is 0 Å². The van der Waals surface area contributed by atoms with E-state index in [2.05, 4.69) is 42.4 Å². The Hall–Kier alpha value is -1.49. The van der Waals surface area contributed by atoms with Gasteiger partial charge in [0.25, 0.3) is 0 Å². The molecule has 2 heterocycles. The number of anilines is 1. The van der Waals surface area contributed by atoms with Gasteiger partial charge in [-0.2, -0.15) is 0 Å². The molecule has 2 amide bonds. The number of halogens is 2. The van der Waals surface area contributed by atoms with Crippen LogP contribution in [0.3, 0.4) is 0 Å². The van der Waals surface area contributed by atoms with Crippen molar-refractivity contribution >= 4 is 50.4 Å². The third kappa shape index (κ3) is 3.89. The molecule has 3 rings (SSSR count). The van der Waals surface area contributed by atoms with E-state index < -0.39 is 5.82 Å². The summed E-state index contributed by atoms with van der Waals surface area (Å²) >= 11 is 4.24. The van der Waals surface area contributed by atoms with Crippen LogP contribution in [-0.2, 0) is 9.59 Å². The quantitative estimate of drug-likeness (QED) is 0.600. The van der Waals surface area contributed by atoms with Gasteiger partial charge in [0, 0.05) is 11.0 Å². The Morgan fingerprint density at radius 1 is 1.52 bits per heavy atom. The number of fused-ring (bicyclic) bond motifs is 1. The number of amidine groups is 1. The molecule has 1 fully saturated rings. The number of hydrogen-bond acceptors (Lipinski definition) is 6. The summed E-state index contributed by atoms with van der Waals surface area (Å²) in [5, 5.41) is 5.52. The second kappa shape index (κ2) is 6.95. The molecule has 10 heteroatoms. The van der Waals surface area contributed by atoms with E-state index in [4.69, 9.17) is 0 Å². The van der Waals surface area contributed by atoms with Crippen molar-refractivity contribution < 1.29 is 14.0 Å². The molecule has 0 aromatic heterocycles. The van der Waals surface area contributed by atoms with E-state index in [9.17, 15) is 14.0 Å². The Balaban J connectivity index is 1.56. The predicted octanol–water partition coefficient (Wildman–Crippen LogP) is 0.796. The molecular weight excluding hydrogens is 389 g/mol. The van der Waals surface area contributed by atoms with Gasteiger partial charge in [-0.05, 0) is 18.2 Å². The molecule has 0 radical (unpaired) electrons. The molecule has 2 atom stereocenters. The molecule has 0 spiro atoms. The maximum atomic E-state index is 13.7. The number of nitrogens with zero attached hydrogens (tertiary/aromatic N) is 1. The molecule has 0 saturated carbocycles. The van der Waals surface area contributed by atoms with Crippen molar-refractivity contribution in [2.75, 3.05) is 17.6 Å². The highest BCUT2D eigenvalue weighted by molar-refractivity contribution is 9.10. The molecule has 1 aromatic carbocycles. The summed E-state index contributed by atoms with van der Waals surface area (Å²) in [6, 6.07) is 4.38. The van der Waals surface area contributed by atoms with Gasteiger partial charge in [-0.3, -0.25) is 15.0 Å². The number of benzene rings is 1. The van der Waals surface area contributed by atoms with E-state index in [-0.39, 0.29) is 35.3 Å². The molecule has 1 aromatic rings. The third-order valence-corrected chi connectivity index (χ3v) is 4.70. The fraction of sp³-hybridized carbons (Fsp3) is 0.308. The highest BCUT2D eigenvalue weighted by atomic mass is 79.9. The zero-order chi connectivity index (χ0) is 16.4. The summed E-state index contributed by atoms with van der Waals surface area (Å²) in [6.45, 7) is 0.515. The van der Waals surface area contributed by atoms with Gasteiger partial charge in [0.1, 0.15) is 12.0 Å². The number of thioether (sulfide) groups is 1. The average molecular weight is 402 g/mol. The van der Waals surface area contributed by atoms with Gasteiger partial charge in [0.2, 0.25) is 11.8 Å². The van der Waals surface area contributed by atoms with Crippen molar-refractivity contribution in [3.8, 4) is 0 Å². The summed E-state index contributed by atoms with van der Waals surface area (Å²) < 4.78 is 14.2. The van der Waals surface area contributed by atoms with Crippen LogP contribution in [0.4, 0.5) is 10.1 Å². The minimum atomic E-state index is -0.523. The molecule has 23 heavy (non-hydrogen) atoms. The molecule has 1 saturated heterocycles. The predicted molar refractivity (Wildman–Crippen MR) is 89.2 cm³/mol. The Bertz CT molecular complexity index is 686. The molecule has 0 aliphatic carbocycles. The normalized spacial score (nSPS) is 23.0. The number of carbonyl (C=O) groups excluding carboxylic acids is 2. The number of rotatable bonds is 3. The lowest BCUT2D eigenvalue weighted by Gasteiger charge is -2.21. The zero-order valence-electron chi connectivity index (χ0n) is 11.7. The van der Waals surface area contributed by atoms with Crippen LogP contribution < -0.4 is 21.5 Å². The van der Waals surface area contributed by atoms with Crippen LogP contribution in [0, 0.1) is 11.7 Å². The van der Waals surface area contributed by atoms with E-state index >= 15 is 0 Å². The standard InChI is InChI=1S/C13H13BrFN5O2S/c14-6-1-2-9(8(15)3-6)17-10(21)5-23-13-18-11-7(4-16-20-11)12(22)19-13/h1-3,7,11,16,20H,4-5H2,(H,17,21)(H,18,19,22). The first-order chi connectivity index (χ1) is 11.0. The fourth-order valence-electron chi connectivity index (χ4n) is 2.19. The van der Waals surface area contributed by atoms with Gasteiger partial charge in [-0.25, -0.2) is 14.8 Å². The monoisotopic (exact) mass is 401 g/mol. The molecular formula is C13H13BrFN5O2S. The van der Waals surface area contributed by atoms with Crippen molar-refractivity contribution in [3.63, 3.8) is 0 Å². The zero-order valence-corrected chi connectivity index (χ0v) is 14.1. The van der Waals surface area contributed by atoms with Crippen molar-refractivity contribution in [1.29, 1.82) is 0 Å². The van der Waals surface area contributed by atoms with Crippen molar-refractivity contribution in [2.24, 2.45) is 10.9 Å². The Kier molecular flexibility index (Phi) is 4.95. The maximum Gasteiger partial charge on any atom is 0.234 e. The summed E-state index contributed by atoms with van der Waals surface area (Å²) in [5.41, 5.74) is 5.87. The topological polar surface area (TPSA) is 94.6 Å². The van der Waals surface area contributed by atoms with E-state index in [0.29, 0.717) is 16.2 Å². The maximum absolute atomic E-state index is 13.7.